The number of halogens is 5. The Kier molecular flexibility index (Phi) is 6.92. The van der Waals surface area contributed by atoms with Crippen molar-refractivity contribution in [2.45, 2.75) is 32.0 Å². The first kappa shape index (κ1) is 23.5. The summed E-state index contributed by atoms with van der Waals surface area (Å²) >= 11 is 1.77. The van der Waals surface area contributed by atoms with Crippen molar-refractivity contribution in [3.63, 3.8) is 0 Å². The third-order valence-electron chi connectivity index (χ3n) is 5.13. The second-order valence-electron chi connectivity index (χ2n) is 7.11. The second-order valence-corrected chi connectivity index (χ2v) is 8.19. The molecule has 0 radical (unpaired) electrons. The van der Waals surface area contributed by atoms with E-state index in [4.69, 9.17) is 5.73 Å². The highest BCUT2D eigenvalue weighted by Crippen LogP contribution is 2.36. The molecular weight excluding hydrogens is 529 g/mol. The van der Waals surface area contributed by atoms with E-state index < -0.39 is 48.0 Å². The largest absolute Gasteiger partial charge is 0.416 e. The predicted molar refractivity (Wildman–Crippen MR) is 115 cm³/mol. The highest BCUT2D eigenvalue weighted by Gasteiger charge is 2.40. The number of benzene rings is 2. The Bertz CT molecular complexity index is 998. The van der Waals surface area contributed by atoms with E-state index in [0.717, 1.165) is 33.6 Å². The highest BCUT2D eigenvalue weighted by atomic mass is 127. The molecule has 31 heavy (non-hydrogen) atoms. The lowest BCUT2D eigenvalue weighted by Gasteiger charge is -2.43. The molecule has 0 aliphatic carbocycles. The van der Waals surface area contributed by atoms with Gasteiger partial charge in [-0.25, -0.2) is 4.39 Å². The molecule has 2 aromatic rings. The molecule has 0 saturated carbocycles. The van der Waals surface area contributed by atoms with Gasteiger partial charge < -0.3 is 15.7 Å². The van der Waals surface area contributed by atoms with Crippen molar-refractivity contribution in [2.75, 3.05) is 6.54 Å². The summed E-state index contributed by atoms with van der Waals surface area (Å²) in [6, 6.07) is 11.0. The Hall–Kier alpha value is -2.18. The summed E-state index contributed by atoms with van der Waals surface area (Å²) in [7, 11) is 0. The standard InChI is InChI=1S/C21H20F4IN3O2/c1-12-18(26)19(30)29(11-17(27)13-6-3-2-4-7-13)20(31)28(12)10-14-15(21(23,24)25)8-5-9-16(14)22/h2-9,17,20,31H,10-11,27H2,1H3/t17-,20?/m0/s1. The van der Waals surface area contributed by atoms with Crippen LogP contribution in [0.4, 0.5) is 17.6 Å². The molecule has 0 spiro atoms. The molecule has 3 N–H and O–H groups in total. The minimum Gasteiger partial charge on any atom is -0.356 e. The summed E-state index contributed by atoms with van der Waals surface area (Å²) in [5, 5.41) is 10.9. The van der Waals surface area contributed by atoms with Gasteiger partial charge in [-0.05, 0) is 47.2 Å². The van der Waals surface area contributed by atoms with Gasteiger partial charge in [0.1, 0.15) is 5.82 Å². The number of nitrogens with zero attached hydrogens (tertiary/aromatic N) is 2. The molecule has 0 aromatic heterocycles. The third-order valence-corrected chi connectivity index (χ3v) is 6.37. The molecule has 2 atom stereocenters. The molecule has 0 bridgehead atoms. The van der Waals surface area contributed by atoms with E-state index in [1.807, 2.05) is 0 Å². The van der Waals surface area contributed by atoms with Crippen LogP contribution in [0.25, 0.3) is 0 Å². The fourth-order valence-corrected chi connectivity index (χ4v) is 4.02. The molecule has 1 unspecified atom stereocenters. The van der Waals surface area contributed by atoms with Crippen LogP contribution in [0.1, 0.15) is 29.7 Å². The van der Waals surface area contributed by atoms with Crippen molar-refractivity contribution >= 4 is 28.5 Å². The second kappa shape index (κ2) is 9.13. The summed E-state index contributed by atoms with van der Waals surface area (Å²) in [4.78, 5) is 15.0. The molecule has 3 rings (SSSR count). The van der Waals surface area contributed by atoms with Crippen LogP contribution >= 0.6 is 22.6 Å². The van der Waals surface area contributed by atoms with Crippen LogP contribution in [0.3, 0.4) is 0 Å². The van der Waals surface area contributed by atoms with Crippen LogP contribution in [-0.4, -0.2) is 33.7 Å². The number of hydrogen-bond acceptors (Lipinski definition) is 4. The minimum atomic E-state index is -4.77. The molecule has 1 aliphatic rings. The summed E-state index contributed by atoms with van der Waals surface area (Å²) in [5.74, 6) is -1.55. The van der Waals surface area contributed by atoms with Gasteiger partial charge in [0.05, 0.1) is 15.7 Å². The van der Waals surface area contributed by atoms with Crippen molar-refractivity contribution in [2.24, 2.45) is 5.73 Å². The number of aliphatic hydroxyl groups is 1. The van der Waals surface area contributed by atoms with Gasteiger partial charge >= 0.3 is 6.18 Å². The van der Waals surface area contributed by atoms with E-state index in [0.29, 0.717) is 0 Å². The van der Waals surface area contributed by atoms with Crippen molar-refractivity contribution in [3.05, 3.63) is 80.3 Å². The van der Waals surface area contributed by atoms with Gasteiger partial charge in [0.25, 0.3) is 5.91 Å². The van der Waals surface area contributed by atoms with Gasteiger partial charge in [-0.2, -0.15) is 13.2 Å². The number of hydrogen-bond donors (Lipinski definition) is 2. The number of amides is 1. The molecule has 2 aromatic carbocycles. The Morgan fingerprint density at radius 3 is 2.39 bits per heavy atom. The van der Waals surface area contributed by atoms with Gasteiger partial charge in [0.15, 0.2) is 0 Å². The average Bonchev–Trinajstić information content (AvgIpc) is 2.73. The lowest BCUT2D eigenvalue weighted by molar-refractivity contribution is -0.158. The number of alkyl halides is 3. The van der Waals surface area contributed by atoms with Gasteiger partial charge in [-0.15, -0.1) is 0 Å². The third kappa shape index (κ3) is 4.85. The molecule has 0 fully saturated rings. The maximum absolute atomic E-state index is 14.4. The monoisotopic (exact) mass is 549 g/mol. The normalized spacial score (nSPS) is 18.6. The molecular formula is C21H20F4IN3O2. The average molecular weight is 549 g/mol. The molecule has 10 heteroatoms. The Labute approximate surface area is 190 Å². The quantitative estimate of drug-likeness (QED) is 0.435. The van der Waals surface area contributed by atoms with Crippen LogP contribution in [0, 0.1) is 5.82 Å². The molecule has 1 amide bonds. The zero-order chi connectivity index (χ0) is 22.9. The zero-order valence-electron chi connectivity index (χ0n) is 16.4. The lowest BCUT2D eigenvalue weighted by Crippen LogP contribution is -2.55. The molecule has 166 valence electrons. The molecule has 0 saturated heterocycles. The number of carbonyl (C=O) groups is 1. The molecule has 5 nitrogen and oxygen atoms in total. The van der Waals surface area contributed by atoms with Crippen LogP contribution in [0.5, 0.6) is 0 Å². The maximum atomic E-state index is 14.4. The van der Waals surface area contributed by atoms with E-state index >= 15 is 0 Å². The van der Waals surface area contributed by atoms with Crippen LogP contribution < -0.4 is 5.73 Å². The van der Waals surface area contributed by atoms with Crippen molar-refractivity contribution in [1.29, 1.82) is 0 Å². The maximum Gasteiger partial charge on any atom is 0.416 e. The van der Waals surface area contributed by atoms with Crippen LogP contribution in [-0.2, 0) is 17.5 Å². The van der Waals surface area contributed by atoms with E-state index in [2.05, 4.69) is 0 Å². The fraction of sp³-hybridized carbons (Fsp3) is 0.286. The molecule has 1 heterocycles. The number of rotatable bonds is 5. The first-order valence-corrected chi connectivity index (χ1v) is 10.4. The highest BCUT2D eigenvalue weighted by molar-refractivity contribution is 14.1. The first-order valence-electron chi connectivity index (χ1n) is 9.29. The summed E-state index contributed by atoms with van der Waals surface area (Å²) in [5.41, 5.74) is 5.41. The topological polar surface area (TPSA) is 69.8 Å². The lowest BCUT2D eigenvalue weighted by atomic mass is 10.0. The van der Waals surface area contributed by atoms with E-state index in [-0.39, 0.29) is 15.8 Å². The van der Waals surface area contributed by atoms with Crippen molar-refractivity contribution < 1.29 is 27.5 Å². The zero-order valence-corrected chi connectivity index (χ0v) is 18.6. The van der Waals surface area contributed by atoms with Gasteiger partial charge in [0, 0.05) is 23.8 Å². The predicted octanol–water partition coefficient (Wildman–Crippen LogP) is 4.13. The van der Waals surface area contributed by atoms with E-state index in [1.54, 1.807) is 52.9 Å². The minimum absolute atomic E-state index is 0.0797. The Morgan fingerprint density at radius 1 is 1.13 bits per heavy atom. The van der Waals surface area contributed by atoms with Crippen molar-refractivity contribution in [1.82, 2.24) is 9.80 Å². The first-order chi connectivity index (χ1) is 14.5. The van der Waals surface area contributed by atoms with Gasteiger partial charge in [-0.3, -0.25) is 9.69 Å². The van der Waals surface area contributed by atoms with E-state index in [9.17, 15) is 27.5 Å². The molecule has 1 aliphatic heterocycles. The van der Waals surface area contributed by atoms with Gasteiger partial charge in [-0.1, -0.05) is 36.4 Å². The number of aliphatic hydroxyl groups excluding tert-OH is 1. The van der Waals surface area contributed by atoms with Gasteiger partial charge in [0.2, 0.25) is 6.35 Å². The number of allylic oxidation sites excluding steroid dienone is 1. The Morgan fingerprint density at radius 2 is 1.77 bits per heavy atom. The van der Waals surface area contributed by atoms with Crippen molar-refractivity contribution in [3.8, 4) is 0 Å². The Balaban J connectivity index is 1.94. The summed E-state index contributed by atoms with van der Waals surface area (Å²) < 4.78 is 54.8. The van der Waals surface area contributed by atoms with E-state index in [1.165, 1.54) is 6.92 Å². The number of nitrogens with two attached hydrogens (primary N) is 1. The van der Waals surface area contributed by atoms with Crippen LogP contribution in [0.2, 0.25) is 0 Å². The smallest absolute Gasteiger partial charge is 0.356 e. The fourth-order valence-electron chi connectivity index (χ4n) is 3.40. The van der Waals surface area contributed by atoms with Crippen LogP contribution in [0.15, 0.2) is 57.8 Å². The summed E-state index contributed by atoms with van der Waals surface area (Å²) in [6.45, 7) is 0.834. The SMILES string of the molecule is CC1=C(I)C(=O)N(C[C@H](N)c2ccccc2)C(O)N1Cc1c(F)cccc1C(F)(F)F. The summed E-state index contributed by atoms with van der Waals surface area (Å²) in [6.07, 6.45) is -6.38. The number of carbonyl (C=O) groups excluding carboxylic acids is 1.